The van der Waals surface area contributed by atoms with Crippen LogP contribution in [0.4, 0.5) is 5.69 Å². The first kappa shape index (κ1) is 17.7. The van der Waals surface area contributed by atoms with Crippen molar-refractivity contribution < 1.29 is 9.53 Å². The van der Waals surface area contributed by atoms with Crippen molar-refractivity contribution in [1.82, 2.24) is 4.98 Å². The number of benzene rings is 3. The van der Waals surface area contributed by atoms with E-state index in [9.17, 15) is 4.79 Å². The van der Waals surface area contributed by atoms with Gasteiger partial charge >= 0.3 is 0 Å². The van der Waals surface area contributed by atoms with Crippen LogP contribution in [-0.2, 0) is 4.79 Å². The van der Waals surface area contributed by atoms with Crippen LogP contribution in [0.15, 0.2) is 84.9 Å². The van der Waals surface area contributed by atoms with Gasteiger partial charge in [0.05, 0.1) is 11.2 Å². The summed E-state index contributed by atoms with van der Waals surface area (Å²) in [5.41, 5.74) is 4.82. The van der Waals surface area contributed by atoms with Gasteiger partial charge in [0, 0.05) is 16.6 Å². The topological polar surface area (TPSA) is 51.2 Å². The third-order valence-corrected chi connectivity index (χ3v) is 4.42. The van der Waals surface area contributed by atoms with Crippen LogP contribution in [0.5, 0.6) is 5.75 Å². The molecular weight excluding hydrogens is 348 g/mol. The number of para-hydroxylation sites is 1. The lowest BCUT2D eigenvalue weighted by Crippen LogP contribution is -2.20. The first-order chi connectivity index (χ1) is 13.7. The molecule has 4 nitrogen and oxygen atoms in total. The molecule has 4 rings (SSSR count). The number of anilines is 1. The molecule has 1 amide bonds. The fourth-order valence-corrected chi connectivity index (χ4v) is 2.99. The molecule has 1 aromatic heterocycles. The van der Waals surface area contributed by atoms with Gasteiger partial charge in [0.15, 0.2) is 6.61 Å². The van der Waals surface area contributed by atoms with Crippen LogP contribution < -0.4 is 10.1 Å². The van der Waals surface area contributed by atoms with Gasteiger partial charge in [-0.25, -0.2) is 4.98 Å². The van der Waals surface area contributed by atoms with E-state index in [2.05, 4.69) is 30.4 Å². The highest BCUT2D eigenvalue weighted by Gasteiger charge is 2.06. The summed E-state index contributed by atoms with van der Waals surface area (Å²) in [6.45, 7) is 2.04. The molecule has 0 aliphatic rings. The second-order valence-corrected chi connectivity index (χ2v) is 6.62. The largest absolute Gasteiger partial charge is 0.484 e. The number of aryl methyl sites for hydroxylation is 1. The summed E-state index contributed by atoms with van der Waals surface area (Å²) >= 11 is 0. The van der Waals surface area contributed by atoms with E-state index >= 15 is 0 Å². The van der Waals surface area contributed by atoms with Crippen LogP contribution in [0.2, 0.25) is 0 Å². The van der Waals surface area contributed by atoms with E-state index in [1.807, 2.05) is 66.7 Å². The molecule has 0 unspecified atom stereocenters. The van der Waals surface area contributed by atoms with Crippen LogP contribution in [0.1, 0.15) is 5.56 Å². The van der Waals surface area contributed by atoms with Crippen molar-refractivity contribution in [3.63, 3.8) is 0 Å². The molecule has 0 bridgehead atoms. The first-order valence-corrected chi connectivity index (χ1v) is 9.13. The van der Waals surface area contributed by atoms with Crippen LogP contribution in [0.25, 0.3) is 22.2 Å². The first-order valence-electron chi connectivity index (χ1n) is 9.13. The minimum Gasteiger partial charge on any atom is -0.484 e. The molecule has 138 valence electrons. The zero-order chi connectivity index (χ0) is 19.3. The summed E-state index contributed by atoms with van der Waals surface area (Å²) in [7, 11) is 0. The molecule has 4 aromatic rings. The van der Waals surface area contributed by atoms with Gasteiger partial charge in [-0.2, -0.15) is 0 Å². The van der Waals surface area contributed by atoms with Crippen LogP contribution in [-0.4, -0.2) is 17.5 Å². The van der Waals surface area contributed by atoms with Crippen LogP contribution in [0.3, 0.4) is 0 Å². The monoisotopic (exact) mass is 368 g/mol. The number of hydrogen-bond acceptors (Lipinski definition) is 3. The zero-order valence-electron chi connectivity index (χ0n) is 15.6. The van der Waals surface area contributed by atoms with E-state index in [4.69, 9.17) is 9.72 Å². The molecule has 1 N–H and O–H groups in total. The molecule has 0 aliphatic carbocycles. The maximum atomic E-state index is 12.1. The second kappa shape index (κ2) is 7.92. The van der Waals surface area contributed by atoms with Gasteiger partial charge in [-0.15, -0.1) is 0 Å². The Hall–Kier alpha value is -3.66. The van der Waals surface area contributed by atoms with Crippen molar-refractivity contribution in [3.8, 4) is 17.0 Å². The smallest absolute Gasteiger partial charge is 0.262 e. The SMILES string of the molecule is Cc1ccc2nc(-c3ccc(NC(=O)COc4ccccc4)cc3)ccc2c1. The maximum Gasteiger partial charge on any atom is 0.262 e. The number of pyridine rings is 1. The number of carbonyl (C=O) groups excluding carboxylic acids is 1. The molecule has 0 aliphatic heterocycles. The number of hydrogen-bond donors (Lipinski definition) is 1. The van der Waals surface area contributed by atoms with Gasteiger partial charge in [0.2, 0.25) is 0 Å². The summed E-state index contributed by atoms with van der Waals surface area (Å²) in [6.07, 6.45) is 0. The molecule has 1 heterocycles. The third-order valence-electron chi connectivity index (χ3n) is 4.42. The second-order valence-electron chi connectivity index (χ2n) is 6.62. The van der Waals surface area contributed by atoms with Crippen LogP contribution in [0, 0.1) is 6.92 Å². The maximum absolute atomic E-state index is 12.1. The predicted molar refractivity (Wildman–Crippen MR) is 112 cm³/mol. The van der Waals surface area contributed by atoms with Gasteiger partial charge in [-0.05, 0) is 49.4 Å². The number of carbonyl (C=O) groups is 1. The predicted octanol–water partition coefficient (Wildman–Crippen LogP) is 5.23. The summed E-state index contributed by atoms with van der Waals surface area (Å²) in [5.74, 6) is 0.473. The molecule has 0 saturated heterocycles. The Kier molecular flexibility index (Phi) is 5.02. The Morgan fingerprint density at radius 3 is 2.50 bits per heavy atom. The molecular formula is C24H20N2O2. The fraction of sp³-hybridized carbons (Fsp3) is 0.0833. The van der Waals surface area contributed by atoms with Crippen molar-refractivity contribution in [2.45, 2.75) is 6.92 Å². The Balaban J connectivity index is 1.42. The minimum absolute atomic E-state index is 0.0303. The summed E-state index contributed by atoms with van der Waals surface area (Å²) in [5, 5.41) is 3.97. The normalized spacial score (nSPS) is 10.6. The number of rotatable bonds is 5. The van der Waals surface area contributed by atoms with Crippen molar-refractivity contribution in [3.05, 3.63) is 90.5 Å². The fourth-order valence-electron chi connectivity index (χ4n) is 2.99. The average Bonchev–Trinajstić information content (AvgIpc) is 2.73. The summed E-state index contributed by atoms with van der Waals surface area (Å²) < 4.78 is 5.46. The lowest BCUT2D eigenvalue weighted by Gasteiger charge is -2.08. The molecule has 4 heteroatoms. The number of nitrogens with one attached hydrogen (secondary N) is 1. The number of amides is 1. The third kappa shape index (κ3) is 4.18. The quantitative estimate of drug-likeness (QED) is 0.525. The van der Waals surface area contributed by atoms with E-state index in [1.54, 1.807) is 0 Å². The average molecular weight is 368 g/mol. The van der Waals surface area contributed by atoms with Crippen molar-refractivity contribution in [2.75, 3.05) is 11.9 Å². The van der Waals surface area contributed by atoms with Gasteiger partial charge in [-0.1, -0.05) is 48.0 Å². The Labute approximate surface area is 163 Å². The highest BCUT2D eigenvalue weighted by Crippen LogP contribution is 2.23. The van der Waals surface area contributed by atoms with Gasteiger partial charge in [0.25, 0.3) is 5.91 Å². The molecule has 0 atom stereocenters. The zero-order valence-corrected chi connectivity index (χ0v) is 15.6. The van der Waals surface area contributed by atoms with E-state index in [0.717, 1.165) is 27.8 Å². The van der Waals surface area contributed by atoms with Gasteiger partial charge < -0.3 is 10.1 Å². The lowest BCUT2D eigenvalue weighted by atomic mass is 10.1. The van der Waals surface area contributed by atoms with Crippen molar-refractivity contribution in [2.24, 2.45) is 0 Å². The van der Waals surface area contributed by atoms with E-state index in [0.29, 0.717) is 5.75 Å². The highest BCUT2D eigenvalue weighted by molar-refractivity contribution is 5.92. The number of aromatic nitrogens is 1. The van der Waals surface area contributed by atoms with E-state index in [-0.39, 0.29) is 12.5 Å². The van der Waals surface area contributed by atoms with E-state index in [1.165, 1.54) is 5.56 Å². The highest BCUT2D eigenvalue weighted by atomic mass is 16.5. The van der Waals surface area contributed by atoms with Gasteiger partial charge in [0.1, 0.15) is 5.75 Å². The Bertz CT molecular complexity index is 1110. The number of ether oxygens (including phenoxy) is 1. The molecule has 0 fully saturated rings. The Morgan fingerprint density at radius 2 is 1.71 bits per heavy atom. The minimum atomic E-state index is -0.198. The van der Waals surface area contributed by atoms with Crippen molar-refractivity contribution in [1.29, 1.82) is 0 Å². The molecule has 0 radical (unpaired) electrons. The summed E-state index contributed by atoms with van der Waals surface area (Å²) in [6, 6.07) is 27.3. The number of nitrogens with zero attached hydrogens (tertiary/aromatic N) is 1. The molecule has 28 heavy (non-hydrogen) atoms. The van der Waals surface area contributed by atoms with Gasteiger partial charge in [-0.3, -0.25) is 4.79 Å². The lowest BCUT2D eigenvalue weighted by molar-refractivity contribution is -0.118. The molecule has 0 saturated carbocycles. The number of fused-ring (bicyclic) bond motifs is 1. The Morgan fingerprint density at radius 1 is 0.929 bits per heavy atom. The van der Waals surface area contributed by atoms with Crippen LogP contribution >= 0.6 is 0 Å². The van der Waals surface area contributed by atoms with Crippen molar-refractivity contribution >= 4 is 22.5 Å². The molecule has 3 aromatic carbocycles. The summed E-state index contributed by atoms with van der Waals surface area (Å²) in [4.78, 5) is 16.8. The van der Waals surface area contributed by atoms with E-state index < -0.39 is 0 Å². The molecule has 0 spiro atoms. The standard InChI is InChI=1S/C24H20N2O2/c1-17-7-13-23-19(15-17)10-14-22(26-23)18-8-11-20(12-9-18)25-24(27)16-28-21-5-3-2-4-6-21/h2-15H,16H2,1H3,(H,25,27).